The molecule has 5 rings (SSSR count). The second-order valence-electron chi connectivity index (χ2n) is 7.72. The van der Waals surface area contributed by atoms with Crippen LogP contribution in [-0.4, -0.2) is 72.5 Å². The smallest absolute Gasteiger partial charge is 0.272 e. The summed E-state index contributed by atoms with van der Waals surface area (Å²) in [4.78, 5) is 19.6. The molecule has 3 saturated heterocycles. The second-order valence-corrected chi connectivity index (χ2v) is 7.72. The molecule has 4 heterocycles. The van der Waals surface area contributed by atoms with E-state index >= 15 is 0 Å². The number of rotatable bonds is 3. The molecule has 0 radical (unpaired) electrons. The van der Waals surface area contributed by atoms with Crippen molar-refractivity contribution in [2.24, 2.45) is 11.8 Å². The van der Waals surface area contributed by atoms with E-state index in [0.29, 0.717) is 31.1 Å². The van der Waals surface area contributed by atoms with Crippen LogP contribution >= 0.6 is 0 Å². The lowest BCUT2D eigenvalue weighted by atomic mass is 9.83. The molecular weight excluding hydrogens is 346 g/mol. The standard InChI is InChI=1S/C20H23N3O4/c1-26-17-6-16(22-15-5-3-2-4-12(15)17)19(25)23-8-14-13(9-24)18-7-21-10-20(14,11-23)27-18/h2-6,13-14,18,21,24H,7-11H2,1H3/t13-,14+,18+,20+/m0/s1. The van der Waals surface area contributed by atoms with Gasteiger partial charge in [-0.1, -0.05) is 12.1 Å². The Kier molecular flexibility index (Phi) is 3.86. The lowest BCUT2D eigenvalue weighted by Crippen LogP contribution is -2.52. The topological polar surface area (TPSA) is 83.9 Å². The van der Waals surface area contributed by atoms with Gasteiger partial charge in [-0.05, 0) is 12.1 Å². The number of benzene rings is 1. The predicted octanol–water partition coefficient (Wildman–Crippen LogP) is 0.665. The molecule has 142 valence electrons. The van der Waals surface area contributed by atoms with Crippen molar-refractivity contribution in [2.45, 2.75) is 11.7 Å². The quantitative estimate of drug-likeness (QED) is 0.827. The number of nitrogens with one attached hydrogen (secondary N) is 1. The summed E-state index contributed by atoms with van der Waals surface area (Å²) < 4.78 is 11.8. The molecule has 7 nitrogen and oxygen atoms in total. The molecule has 0 saturated carbocycles. The number of hydrogen-bond acceptors (Lipinski definition) is 6. The first kappa shape index (κ1) is 16.9. The Hall–Kier alpha value is -2.22. The zero-order valence-corrected chi connectivity index (χ0v) is 15.2. The molecule has 4 atom stereocenters. The monoisotopic (exact) mass is 369 g/mol. The fraction of sp³-hybridized carbons (Fsp3) is 0.500. The average molecular weight is 369 g/mol. The van der Waals surface area contributed by atoms with Crippen LogP contribution in [0.3, 0.4) is 0 Å². The number of carbonyl (C=O) groups is 1. The normalized spacial score (nSPS) is 31.9. The summed E-state index contributed by atoms with van der Waals surface area (Å²) in [7, 11) is 1.60. The number of pyridine rings is 1. The van der Waals surface area contributed by atoms with Gasteiger partial charge >= 0.3 is 0 Å². The number of fused-ring (bicyclic) bond motifs is 2. The molecule has 27 heavy (non-hydrogen) atoms. The van der Waals surface area contributed by atoms with Gasteiger partial charge in [0.15, 0.2) is 0 Å². The number of ether oxygens (including phenoxy) is 2. The summed E-state index contributed by atoms with van der Waals surface area (Å²) >= 11 is 0. The highest BCUT2D eigenvalue weighted by molar-refractivity contribution is 5.97. The molecule has 2 N–H and O–H groups in total. The van der Waals surface area contributed by atoms with E-state index in [4.69, 9.17) is 9.47 Å². The number of para-hydroxylation sites is 1. The van der Waals surface area contributed by atoms with E-state index in [2.05, 4.69) is 10.3 Å². The molecule has 3 fully saturated rings. The van der Waals surface area contributed by atoms with Crippen molar-refractivity contribution < 1.29 is 19.4 Å². The SMILES string of the molecule is COc1cc(C(=O)N2C[C@@H]3[C@H](CO)[C@H]4CNC[C@]3(C2)O4)nc2ccccc12. The molecule has 2 aromatic rings. The highest BCUT2D eigenvalue weighted by Gasteiger charge is 2.61. The summed E-state index contributed by atoms with van der Waals surface area (Å²) in [5.74, 6) is 0.737. The molecule has 1 aromatic heterocycles. The maximum Gasteiger partial charge on any atom is 0.272 e. The fourth-order valence-electron chi connectivity index (χ4n) is 5.04. The van der Waals surface area contributed by atoms with Crippen molar-refractivity contribution in [2.75, 3.05) is 39.9 Å². The first-order valence-electron chi connectivity index (χ1n) is 9.37. The lowest BCUT2D eigenvalue weighted by molar-refractivity contribution is -0.0726. The number of nitrogens with zero attached hydrogens (tertiary/aromatic N) is 2. The third-order valence-electron chi connectivity index (χ3n) is 6.32. The summed E-state index contributed by atoms with van der Waals surface area (Å²) in [6.45, 7) is 2.67. The highest BCUT2D eigenvalue weighted by atomic mass is 16.5. The predicted molar refractivity (Wildman–Crippen MR) is 98.7 cm³/mol. The summed E-state index contributed by atoms with van der Waals surface area (Å²) in [5, 5.41) is 14.1. The van der Waals surface area contributed by atoms with Crippen LogP contribution in [-0.2, 0) is 4.74 Å². The Labute approximate surface area is 157 Å². The van der Waals surface area contributed by atoms with Crippen LogP contribution < -0.4 is 10.1 Å². The first-order valence-corrected chi connectivity index (χ1v) is 9.37. The van der Waals surface area contributed by atoms with Crippen LogP contribution in [0.1, 0.15) is 10.5 Å². The van der Waals surface area contributed by atoms with Crippen molar-refractivity contribution in [3.05, 3.63) is 36.0 Å². The Morgan fingerprint density at radius 3 is 3.15 bits per heavy atom. The maximum atomic E-state index is 13.2. The molecule has 1 amide bonds. The van der Waals surface area contributed by atoms with E-state index in [-0.39, 0.29) is 30.5 Å². The number of carbonyl (C=O) groups excluding carboxylic acids is 1. The van der Waals surface area contributed by atoms with E-state index in [0.717, 1.165) is 17.4 Å². The van der Waals surface area contributed by atoms with Gasteiger partial charge in [-0.2, -0.15) is 0 Å². The first-order chi connectivity index (χ1) is 13.1. The summed E-state index contributed by atoms with van der Waals surface area (Å²) in [6.07, 6.45) is 0.0323. The van der Waals surface area contributed by atoms with Gasteiger partial charge in [-0.3, -0.25) is 4.79 Å². The van der Waals surface area contributed by atoms with Gasteiger partial charge in [0.25, 0.3) is 5.91 Å². The molecule has 3 aliphatic rings. The van der Waals surface area contributed by atoms with Crippen molar-refractivity contribution >= 4 is 16.8 Å². The largest absolute Gasteiger partial charge is 0.496 e. The number of morpholine rings is 1. The molecule has 0 unspecified atom stereocenters. The molecule has 3 aliphatic heterocycles. The van der Waals surface area contributed by atoms with Crippen LogP contribution in [0, 0.1) is 11.8 Å². The van der Waals surface area contributed by atoms with E-state index in [9.17, 15) is 9.90 Å². The van der Waals surface area contributed by atoms with E-state index < -0.39 is 5.60 Å². The van der Waals surface area contributed by atoms with Gasteiger partial charge in [-0.15, -0.1) is 0 Å². The van der Waals surface area contributed by atoms with Gasteiger partial charge in [0.1, 0.15) is 17.0 Å². The molecule has 0 aliphatic carbocycles. The van der Waals surface area contributed by atoms with Gasteiger partial charge in [-0.25, -0.2) is 4.98 Å². The summed E-state index contributed by atoms with van der Waals surface area (Å²) in [6, 6.07) is 9.35. The third-order valence-corrected chi connectivity index (χ3v) is 6.32. The molecule has 1 spiro atoms. The number of likely N-dealkylation sites (tertiary alicyclic amines) is 1. The Morgan fingerprint density at radius 1 is 1.48 bits per heavy atom. The lowest BCUT2D eigenvalue weighted by Gasteiger charge is -2.33. The van der Waals surface area contributed by atoms with Gasteiger partial charge in [0, 0.05) is 49.5 Å². The van der Waals surface area contributed by atoms with E-state index in [1.807, 2.05) is 29.2 Å². The van der Waals surface area contributed by atoms with Gasteiger partial charge in [0.05, 0.1) is 25.3 Å². The Bertz CT molecular complexity index is 904. The van der Waals surface area contributed by atoms with E-state index in [1.54, 1.807) is 13.2 Å². The Balaban J connectivity index is 1.47. The fourth-order valence-corrected chi connectivity index (χ4v) is 5.04. The number of hydrogen-bond donors (Lipinski definition) is 2. The highest BCUT2D eigenvalue weighted by Crippen LogP contribution is 2.47. The zero-order valence-electron chi connectivity index (χ0n) is 15.2. The van der Waals surface area contributed by atoms with Crippen LogP contribution in [0.25, 0.3) is 10.9 Å². The number of amides is 1. The molecular formula is C20H23N3O4. The molecule has 7 heteroatoms. The van der Waals surface area contributed by atoms with Crippen molar-refractivity contribution in [1.29, 1.82) is 0 Å². The van der Waals surface area contributed by atoms with E-state index in [1.165, 1.54) is 0 Å². The van der Waals surface area contributed by atoms with Gasteiger partial charge in [0.2, 0.25) is 0 Å². The summed E-state index contributed by atoms with van der Waals surface area (Å²) in [5.41, 5.74) is 0.719. The molecule has 2 bridgehead atoms. The minimum absolute atomic E-state index is 0.0323. The van der Waals surface area contributed by atoms with Gasteiger partial charge < -0.3 is 24.8 Å². The minimum atomic E-state index is -0.396. The number of aliphatic hydroxyl groups excluding tert-OH is 1. The van der Waals surface area contributed by atoms with Crippen LogP contribution in [0.4, 0.5) is 0 Å². The second kappa shape index (κ2) is 6.15. The third kappa shape index (κ3) is 2.46. The minimum Gasteiger partial charge on any atom is -0.496 e. The number of methoxy groups -OCH3 is 1. The number of aliphatic hydroxyl groups is 1. The average Bonchev–Trinajstić information content (AvgIpc) is 3.14. The van der Waals surface area contributed by atoms with Crippen LogP contribution in [0.15, 0.2) is 30.3 Å². The van der Waals surface area contributed by atoms with Crippen molar-refractivity contribution in [3.8, 4) is 5.75 Å². The Morgan fingerprint density at radius 2 is 2.33 bits per heavy atom. The molecule has 1 aromatic carbocycles. The maximum absolute atomic E-state index is 13.2. The number of aromatic nitrogens is 1. The van der Waals surface area contributed by atoms with Crippen molar-refractivity contribution in [3.63, 3.8) is 0 Å². The van der Waals surface area contributed by atoms with Crippen molar-refractivity contribution in [1.82, 2.24) is 15.2 Å². The zero-order chi connectivity index (χ0) is 18.6. The van der Waals surface area contributed by atoms with Crippen LogP contribution in [0.2, 0.25) is 0 Å². The van der Waals surface area contributed by atoms with Crippen LogP contribution in [0.5, 0.6) is 5.75 Å².